The number of hydrogen-bond donors (Lipinski definition) is 3. The first-order valence-electron chi connectivity index (χ1n) is 16.6. The number of Topliss-reactive ketones (excluding diaryl/α,β-unsaturated/α-hetero) is 1. The number of rotatable bonds is 11. The van der Waals surface area contributed by atoms with E-state index in [0.29, 0.717) is 24.2 Å². The molecule has 1 aliphatic carbocycles. The van der Waals surface area contributed by atoms with Gasteiger partial charge in [0.15, 0.2) is 5.78 Å². The number of hydrogen-bond acceptors (Lipinski definition) is 8. The van der Waals surface area contributed by atoms with Gasteiger partial charge in [-0.25, -0.2) is 0 Å². The van der Waals surface area contributed by atoms with E-state index in [1.807, 2.05) is 98.2 Å². The molecule has 2 aromatic carbocycles. The van der Waals surface area contributed by atoms with Crippen molar-refractivity contribution in [1.82, 2.24) is 0 Å². The summed E-state index contributed by atoms with van der Waals surface area (Å²) in [5, 5.41) is 10.1. The number of ketones is 1. The first-order valence-corrected chi connectivity index (χ1v) is 19.8. The number of carboxylic acid groups (broad SMARTS) is 1. The molecule has 3 N–H and O–H groups in total. The van der Waals surface area contributed by atoms with Crippen LogP contribution in [0.4, 0.5) is 11.4 Å². The van der Waals surface area contributed by atoms with Crippen LogP contribution in [0.5, 0.6) is 0 Å². The summed E-state index contributed by atoms with van der Waals surface area (Å²) in [5.41, 5.74) is 5.09. The zero-order valence-corrected chi connectivity index (χ0v) is 30.3. The molecule has 11 nitrogen and oxygen atoms in total. The summed E-state index contributed by atoms with van der Waals surface area (Å²) in [5.74, 6) is -2.92. The molecule has 0 saturated heterocycles. The van der Waals surface area contributed by atoms with E-state index in [4.69, 9.17) is 0 Å². The molecule has 0 spiro atoms. The molecule has 5 rings (SSSR count). The lowest BCUT2D eigenvalue weighted by Crippen LogP contribution is -2.29. The maximum atomic E-state index is 14.0. The Morgan fingerprint density at radius 1 is 0.720 bits per heavy atom. The molecule has 3 aliphatic rings. The van der Waals surface area contributed by atoms with Crippen LogP contribution in [0, 0.1) is 5.92 Å². The Hall–Kier alpha value is -4.04. The van der Waals surface area contributed by atoms with Gasteiger partial charge in [-0.1, -0.05) is 76.2 Å². The van der Waals surface area contributed by atoms with E-state index in [0.717, 1.165) is 33.9 Å². The van der Waals surface area contributed by atoms with Crippen molar-refractivity contribution in [3.8, 4) is 0 Å². The molecule has 268 valence electrons. The molecular weight excluding hydrogens is 681 g/mol. The van der Waals surface area contributed by atoms with Crippen LogP contribution < -0.4 is 9.80 Å². The summed E-state index contributed by atoms with van der Waals surface area (Å²) in [4.78, 5) is 30.3. The number of allylic oxidation sites excluding steroid dienone is 8. The predicted octanol–water partition coefficient (Wildman–Crippen LogP) is 5.82. The quantitative estimate of drug-likeness (QED) is 0.189. The summed E-state index contributed by atoms with van der Waals surface area (Å²) in [6.45, 7) is 8.73. The van der Waals surface area contributed by atoms with Crippen LogP contribution in [0.3, 0.4) is 0 Å². The molecule has 2 aliphatic heterocycles. The van der Waals surface area contributed by atoms with Gasteiger partial charge in [-0.3, -0.25) is 18.7 Å². The molecule has 1 saturated carbocycles. The van der Waals surface area contributed by atoms with Crippen LogP contribution in [0.25, 0.3) is 0 Å². The topological polar surface area (TPSA) is 170 Å². The van der Waals surface area contributed by atoms with Crippen LogP contribution in [0.15, 0.2) is 95.4 Å². The monoisotopic (exact) mass is 724 g/mol. The van der Waals surface area contributed by atoms with Crippen LogP contribution in [0.1, 0.15) is 64.5 Å². The van der Waals surface area contributed by atoms with E-state index in [9.17, 15) is 40.6 Å². The summed E-state index contributed by atoms with van der Waals surface area (Å²) < 4.78 is 64.5. The molecule has 1 atom stereocenters. The number of carboxylic acids is 1. The fourth-order valence-electron chi connectivity index (χ4n) is 7.39. The first kappa shape index (κ1) is 37.2. The average molecular weight is 725 g/mol. The Labute approximate surface area is 294 Å². The molecule has 0 aromatic heterocycles. The normalized spacial score (nSPS) is 23.2. The van der Waals surface area contributed by atoms with Crippen molar-refractivity contribution >= 4 is 43.4 Å². The van der Waals surface area contributed by atoms with Crippen LogP contribution in [-0.2, 0) is 40.7 Å². The zero-order valence-electron chi connectivity index (χ0n) is 28.7. The van der Waals surface area contributed by atoms with Crippen LogP contribution in [0.2, 0.25) is 0 Å². The van der Waals surface area contributed by atoms with Gasteiger partial charge in [-0.15, -0.1) is 0 Å². The Balaban J connectivity index is 1.51. The van der Waals surface area contributed by atoms with Crippen molar-refractivity contribution < 1.29 is 40.6 Å². The Kier molecular flexibility index (Phi) is 10.4. The highest BCUT2D eigenvalue weighted by Gasteiger charge is 2.41. The SMILES string of the molecule is CC1(C)C(=CC=C2CC(C(=O)O)C/C(=C\C=C3\N(CCCS(=O)(=O)O)c4ccccc4C3(C)C)C2=O)N(CCCS(=O)(=O)O)c2ccccc21. The smallest absolute Gasteiger partial charge is 0.307 e. The molecule has 0 radical (unpaired) electrons. The second kappa shape index (κ2) is 13.9. The lowest BCUT2D eigenvalue weighted by molar-refractivity contribution is -0.142. The minimum atomic E-state index is -4.15. The fraction of sp³-hybridized carbons (Fsp3) is 0.405. The van der Waals surface area contributed by atoms with Crippen LogP contribution >= 0.6 is 0 Å². The average Bonchev–Trinajstić information content (AvgIpc) is 3.37. The molecular formula is C37H44N2O9S2. The molecule has 0 bridgehead atoms. The highest BCUT2D eigenvalue weighted by Crippen LogP contribution is 2.49. The number of aliphatic carboxylic acids is 1. The first-order chi connectivity index (χ1) is 23.3. The third-order valence-corrected chi connectivity index (χ3v) is 11.5. The van der Waals surface area contributed by atoms with Gasteiger partial charge in [0.2, 0.25) is 0 Å². The maximum Gasteiger partial charge on any atom is 0.307 e. The lowest BCUT2D eigenvalue weighted by Gasteiger charge is -2.28. The molecule has 50 heavy (non-hydrogen) atoms. The van der Waals surface area contributed by atoms with E-state index in [-0.39, 0.29) is 31.5 Å². The largest absolute Gasteiger partial charge is 0.481 e. The Bertz CT molecular complexity index is 1900. The van der Waals surface area contributed by atoms with E-state index in [1.165, 1.54) is 0 Å². The van der Waals surface area contributed by atoms with Gasteiger partial charge < -0.3 is 14.9 Å². The second-order valence-electron chi connectivity index (χ2n) is 14.1. The van der Waals surface area contributed by atoms with Crippen molar-refractivity contribution in [2.75, 3.05) is 34.4 Å². The lowest BCUT2D eigenvalue weighted by atomic mass is 9.79. The molecule has 1 fully saturated rings. The summed E-state index contributed by atoms with van der Waals surface area (Å²) in [6.07, 6.45) is 7.41. The van der Waals surface area contributed by atoms with E-state index < -0.39 is 54.5 Å². The van der Waals surface area contributed by atoms with Gasteiger partial charge in [0.25, 0.3) is 20.2 Å². The minimum absolute atomic E-state index is 0.0423. The molecule has 13 heteroatoms. The van der Waals surface area contributed by atoms with E-state index >= 15 is 0 Å². The highest BCUT2D eigenvalue weighted by molar-refractivity contribution is 7.86. The number of anilines is 2. The van der Waals surface area contributed by atoms with Crippen molar-refractivity contribution in [2.45, 2.75) is 64.2 Å². The van der Waals surface area contributed by atoms with Crippen molar-refractivity contribution in [3.63, 3.8) is 0 Å². The molecule has 2 aromatic rings. The number of para-hydroxylation sites is 2. The Morgan fingerprint density at radius 3 is 1.46 bits per heavy atom. The molecule has 0 amide bonds. The number of carbonyl (C=O) groups excluding carboxylic acids is 1. The zero-order chi connectivity index (χ0) is 36.6. The van der Waals surface area contributed by atoms with Gasteiger partial charge in [0.05, 0.1) is 17.4 Å². The summed E-state index contributed by atoms with van der Waals surface area (Å²) in [6, 6.07) is 15.5. The third kappa shape index (κ3) is 7.80. The summed E-state index contributed by atoms with van der Waals surface area (Å²) in [7, 11) is -8.30. The number of benzene rings is 2. The number of carbonyl (C=O) groups is 2. The van der Waals surface area contributed by atoms with Crippen molar-refractivity contribution in [1.29, 1.82) is 0 Å². The van der Waals surface area contributed by atoms with Gasteiger partial charge in [0, 0.05) is 57.8 Å². The predicted molar refractivity (Wildman–Crippen MR) is 193 cm³/mol. The van der Waals surface area contributed by atoms with E-state index in [2.05, 4.69) is 0 Å². The number of fused-ring (bicyclic) bond motifs is 2. The number of nitrogens with zero attached hydrogens (tertiary/aromatic N) is 2. The van der Waals surface area contributed by atoms with Crippen molar-refractivity contribution in [3.05, 3.63) is 107 Å². The highest BCUT2D eigenvalue weighted by atomic mass is 32.2. The Morgan fingerprint density at radius 2 is 1.10 bits per heavy atom. The van der Waals surface area contributed by atoms with Gasteiger partial charge in [-0.05, 0) is 61.1 Å². The third-order valence-electron chi connectivity index (χ3n) is 9.92. The standard InChI is InChI=1S/C37H44N2O9S2/c1-36(2)28-11-5-7-13-30(28)38(19-9-21-49(43,44)45)32(36)17-15-25-23-27(35(41)42)24-26(34(25)40)16-18-33-37(3,4)29-12-6-8-14-31(29)39(33)20-10-22-50(46,47)48/h5-8,11-18,27H,9-10,19-24H2,1-4H3,(H,41,42)(H,43,44,45)(H,46,47,48)/b25-15+,26-16?,32-17+,33-18?. The molecule has 1 unspecified atom stereocenters. The van der Waals surface area contributed by atoms with Crippen LogP contribution in [-0.4, -0.2) is 67.4 Å². The summed E-state index contributed by atoms with van der Waals surface area (Å²) >= 11 is 0. The second-order valence-corrected chi connectivity index (χ2v) is 17.3. The minimum Gasteiger partial charge on any atom is -0.481 e. The van der Waals surface area contributed by atoms with Gasteiger partial charge >= 0.3 is 5.97 Å². The maximum absolute atomic E-state index is 14.0. The van der Waals surface area contributed by atoms with E-state index in [1.54, 1.807) is 12.2 Å². The molecule has 2 heterocycles. The fourth-order valence-corrected chi connectivity index (χ4v) is 8.38. The van der Waals surface area contributed by atoms with Gasteiger partial charge in [-0.2, -0.15) is 16.8 Å². The van der Waals surface area contributed by atoms with Crippen molar-refractivity contribution in [2.24, 2.45) is 5.92 Å². The van der Waals surface area contributed by atoms with Gasteiger partial charge in [0.1, 0.15) is 0 Å².